The van der Waals surface area contributed by atoms with Gasteiger partial charge in [0.1, 0.15) is 11.9 Å². The standard InChI is InChI=1S/C16H24N4/c1-3-10-20(12-15-6-4-5-9-18-15)16-14(11-17)8-7-13(2)19-16/h7-8,15,18H,3-6,9-10,12H2,1-2H3. The summed E-state index contributed by atoms with van der Waals surface area (Å²) in [6, 6.07) is 6.58. The Labute approximate surface area is 121 Å². The van der Waals surface area contributed by atoms with Gasteiger partial charge in [-0.2, -0.15) is 5.26 Å². The summed E-state index contributed by atoms with van der Waals surface area (Å²) >= 11 is 0. The summed E-state index contributed by atoms with van der Waals surface area (Å²) in [6.07, 6.45) is 4.85. The van der Waals surface area contributed by atoms with Gasteiger partial charge >= 0.3 is 0 Å². The van der Waals surface area contributed by atoms with Crippen molar-refractivity contribution in [2.45, 2.75) is 45.6 Å². The maximum atomic E-state index is 9.30. The topological polar surface area (TPSA) is 52.0 Å². The van der Waals surface area contributed by atoms with Gasteiger partial charge in [-0.1, -0.05) is 13.3 Å². The van der Waals surface area contributed by atoms with Gasteiger partial charge < -0.3 is 10.2 Å². The van der Waals surface area contributed by atoms with E-state index in [0.29, 0.717) is 11.6 Å². The highest BCUT2D eigenvalue weighted by atomic mass is 15.2. The molecule has 108 valence electrons. The Bertz CT molecular complexity index is 472. The normalized spacial score (nSPS) is 18.6. The van der Waals surface area contributed by atoms with E-state index in [1.54, 1.807) is 0 Å². The lowest BCUT2D eigenvalue weighted by Crippen LogP contribution is -2.44. The molecule has 2 rings (SSSR count). The highest BCUT2D eigenvalue weighted by Gasteiger charge is 2.19. The zero-order valence-electron chi connectivity index (χ0n) is 12.5. The van der Waals surface area contributed by atoms with Gasteiger partial charge in [0.25, 0.3) is 0 Å². The van der Waals surface area contributed by atoms with Crippen molar-refractivity contribution in [2.75, 3.05) is 24.5 Å². The third-order valence-electron chi connectivity index (χ3n) is 3.78. The van der Waals surface area contributed by atoms with Crippen molar-refractivity contribution >= 4 is 5.82 Å². The minimum Gasteiger partial charge on any atom is -0.354 e. The van der Waals surface area contributed by atoms with Crippen LogP contribution < -0.4 is 10.2 Å². The number of nitriles is 1. The molecule has 4 heteroatoms. The molecule has 1 aliphatic heterocycles. The van der Waals surface area contributed by atoms with Crippen molar-refractivity contribution < 1.29 is 0 Å². The lowest BCUT2D eigenvalue weighted by molar-refractivity contribution is 0.398. The number of pyridine rings is 1. The molecule has 2 heterocycles. The first-order valence-corrected chi connectivity index (χ1v) is 7.60. The summed E-state index contributed by atoms with van der Waals surface area (Å²) in [7, 11) is 0. The molecule has 0 aliphatic carbocycles. The van der Waals surface area contributed by atoms with E-state index in [9.17, 15) is 5.26 Å². The largest absolute Gasteiger partial charge is 0.354 e. The van der Waals surface area contributed by atoms with Crippen LogP contribution in [0.15, 0.2) is 12.1 Å². The zero-order chi connectivity index (χ0) is 14.4. The second-order valence-electron chi connectivity index (χ2n) is 5.53. The predicted molar refractivity (Wildman–Crippen MR) is 81.8 cm³/mol. The molecule has 1 saturated heterocycles. The molecule has 1 aromatic rings. The van der Waals surface area contributed by atoms with Crippen molar-refractivity contribution in [3.8, 4) is 6.07 Å². The van der Waals surface area contributed by atoms with Crippen LogP contribution in [0.3, 0.4) is 0 Å². The van der Waals surface area contributed by atoms with Gasteiger partial charge in [0.05, 0.1) is 5.56 Å². The summed E-state index contributed by atoms with van der Waals surface area (Å²) in [6.45, 7) is 7.15. The monoisotopic (exact) mass is 272 g/mol. The molecule has 0 amide bonds. The minimum atomic E-state index is 0.518. The third-order valence-corrected chi connectivity index (χ3v) is 3.78. The highest BCUT2D eigenvalue weighted by Crippen LogP contribution is 2.20. The second kappa shape index (κ2) is 7.25. The quantitative estimate of drug-likeness (QED) is 0.895. The predicted octanol–water partition coefficient (Wildman–Crippen LogP) is 2.62. The van der Waals surface area contributed by atoms with Gasteiger partial charge in [-0.15, -0.1) is 0 Å². The average Bonchev–Trinajstić information content (AvgIpc) is 2.48. The van der Waals surface area contributed by atoms with Crippen molar-refractivity contribution in [3.63, 3.8) is 0 Å². The van der Waals surface area contributed by atoms with Crippen LogP contribution in [0.4, 0.5) is 5.82 Å². The van der Waals surface area contributed by atoms with Crippen molar-refractivity contribution in [3.05, 3.63) is 23.4 Å². The molecule has 20 heavy (non-hydrogen) atoms. The molecule has 1 aliphatic rings. The fraction of sp³-hybridized carbons (Fsp3) is 0.625. The minimum absolute atomic E-state index is 0.518. The fourth-order valence-electron chi connectivity index (χ4n) is 2.77. The Morgan fingerprint density at radius 2 is 2.30 bits per heavy atom. The molecule has 0 aromatic carbocycles. The van der Waals surface area contributed by atoms with E-state index in [-0.39, 0.29) is 0 Å². The number of hydrogen-bond donors (Lipinski definition) is 1. The molecule has 1 fully saturated rings. The lowest BCUT2D eigenvalue weighted by Gasteiger charge is -2.31. The van der Waals surface area contributed by atoms with Crippen molar-refractivity contribution in [1.29, 1.82) is 5.26 Å². The van der Waals surface area contributed by atoms with Crippen LogP contribution in [-0.2, 0) is 0 Å². The van der Waals surface area contributed by atoms with Crippen LogP contribution in [0.25, 0.3) is 0 Å². The molecule has 0 bridgehead atoms. The molecule has 1 aromatic heterocycles. The molecule has 0 saturated carbocycles. The highest BCUT2D eigenvalue weighted by molar-refractivity contribution is 5.54. The summed E-state index contributed by atoms with van der Waals surface area (Å²) in [5.41, 5.74) is 1.65. The Hall–Kier alpha value is -1.60. The number of hydrogen-bond acceptors (Lipinski definition) is 4. The molecule has 0 radical (unpaired) electrons. The van der Waals surface area contributed by atoms with Crippen molar-refractivity contribution in [2.24, 2.45) is 0 Å². The number of aryl methyl sites for hydroxylation is 1. The number of piperidine rings is 1. The summed E-state index contributed by atoms with van der Waals surface area (Å²) in [5.74, 6) is 0.849. The second-order valence-corrected chi connectivity index (χ2v) is 5.53. The summed E-state index contributed by atoms with van der Waals surface area (Å²) < 4.78 is 0. The molecule has 1 atom stereocenters. The van der Waals surface area contributed by atoms with Crippen LogP contribution >= 0.6 is 0 Å². The van der Waals surface area contributed by atoms with E-state index < -0.39 is 0 Å². The smallest absolute Gasteiger partial charge is 0.146 e. The van der Waals surface area contributed by atoms with Gasteiger partial charge in [-0.3, -0.25) is 0 Å². The Kier molecular flexibility index (Phi) is 5.37. The van der Waals surface area contributed by atoms with E-state index in [1.807, 2.05) is 19.1 Å². The molecule has 0 spiro atoms. The SMILES string of the molecule is CCCN(CC1CCCCN1)c1nc(C)ccc1C#N. The van der Waals surface area contributed by atoms with Crippen molar-refractivity contribution in [1.82, 2.24) is 10.3 Å². The van der Waals surface area contributed by atoms with Gasteiger partial charge in [-0.05, 0) is 44.9 Å². The first-order chi connectivity index (χ1) is 9.74. The number of aromatic nitrogens is 1. The summed E-state index contributed by atoms with van der Waals surface area (Å²) in [5, 5.41) is 12.9. The number of nitrogens with zero attached hydrogens (tertiary/aromatic N) is 3. The number of nitrogens with one attached hydrogen (secondary N) is 1. The van der Waals surface area contributed by atoms with E-state index in [2.05, 4.69) is 28.2 Å². The average molecular weight is 272 g/mol. The Morgan fingerprint density at radius 1 is 1.45 bits per heavy atom. The number of rotatable bonds is 5. The van der Waals surface area contributed by atoms with Gasteiger partial charge in [0, 0.05) is 24.8 Å². The third kappa shape index (κ3) is 3.71. The number of anilines is 1. The van der Waals surface area contributed by atoms with Crippen LogP contribution in [0.2, 0.25) is 0 Å². The Balaban J connectivity index is 2.18. The molecule has 4 nitrogen and oxygen atoms in total. The van der Waals surface area contributed by atoms with Gasteiger partial charge in [-0.25, -0.2) is 4.98 Å². The molecular weight excluding hydrogens is 248 g/mol. The first-order valence-electron chi connectivity index (χ1n) is 7.60. The van der Waals surface area contributed by atoms with Gasteiger partial charge in [0.15, 0.2) is 0 Å². The van der Waals surface area contributed by atoms with Crippen LogP contribution in [-0.4, -0.2) is 30.7 Å². The molecular formula is C16H24N4. The van der Waals surface area contributed by atoms with E-state index in [0.717, 1.165) is 37.6 Å². The molecule has 1 N–H and O–H groups in total. The fourth-order valence-corrected chi connectivity index (χ4v) is 2.77. The maximum Gasteiger partial charge on any atom is 0.146 e. The lowest BCUT2D eigenvalue weighted by atomic mass is 10.0. The van der Waals surface area contributed by atoms with Crippen LogP contribution in [0, 0.1) is 18.3 Å². The zero-order valence-corrected chi connectivity index (χ0v) is 12.5. The maximum absolute atomic E-state index is 9.30. The summed E-state index contributed by atoms with van der Waals surface area (Å²) in [4.78, 5) is 6.88. The first kappa shape index (κ1) is 14.8. The van der Waals surface area contributed by atoms with E-state index >= 15 is 0 Å². The van der Waals surface area contributed by atoms with Crippen LogP contribution in [0.5, 0.6) is 0 Å². The Morgan fingerprint density at radius 3 is 2.95 bits per heavy atom. The van der Waals surface area contributed by atoms with E-state index in [1.165, 1.54) is 19.3 Å². The van der Waals surface area contributed by atoms with E-state index in [4.69, 9.17) is 0 Å². The molecule has 1 unspecified atom stereocenters. The van der Waals surface area contributed by atoms with Crippen LogP contribution in [0.1, 0.15) is 43.9 Å². The van der Waals surface area contributed by atoms with Gasteiger partial charge in [0.2, 0.25) is 0 Å².